The molecule has 6 nitrogen and oxygen atoms in total. The molecule has 0 saturated heterocycles. The Morgan fingerprint density at radius 3 is 2.77 bits per heavy atom. The normalized spacial score (nSPS) is 21.7. The number of benzene rings is 1. The predicted octanol–water partition coefficient (Wildman–Crippen LogP) is 3.98. The molecular formula is C19H19N3O3S. The number of nitrogens with one attached hydrogen (secondary N) is 2. The van der Waals surface area contributed by atoms with Crippen LogP contribution in [0.15, 0.2) is 30.3 Å². The van der Waals surface area contributed by atoms with Crippen LogP contribution in [-0.2, 0) is 12.8 Å². The highest BCUT2D eigenvalue weighted by molar-refractivity contribution is 7.16. The summed E-state index contributed by atoms with van der Waals surface area (Å²) in [4.78, 5) is 24.2. The first-order chi connectivity index (χ1) is 12.5. The zero-order valence-corrected chi connectivity index (χ0v) is 15.1. The number of thiophene rings is 1. The third-order valence-corrected chi connectivity index (χ3v) is 6.08. The molecule has 2 N–H and O–H groups in total. The standard InChI is InChI=1S/C19H19N3O3S/c1-11-2-8-14-15(10-11)26-19-17(14)18(23)20-16(21-19)9-5-12-3-6-13(7-4-12)22(24)25/h3-7,9,11,16,21H,2,8,10H2,1H3,(H,20,23)/b9-5+/t11-,16+/m0/s1. The van der Waals surface area contributed by atoms with Gasteiger partial charge in [0.1, 0.15) is 11.2 Å². The molecule has 0 bridgehead atoms. The Labute approximate surface area is 155 Å². The fraction of sp³-hybridized carbons (Fsp3) is 0.316. The Morgan fingerprint density at radius 2 is 2.04 bits per heavy atom. The zero-order valence-electron chi connectivity index (χ0n) is 14.3. The minimum absolute atomic E-state index is 0.0239. The number of non-ortho nitro benzene ring substituents is 1. The van der Waals surface area contributed by atoms with E-state index >= 15 is 0 Å². The lowest BCUT2D eigenvalue weighted by atomic mass is 9.88. The molecule has 1 aromatic heterocycles. The van der Waals surface area contributed by atoms with E-state index in [2.05, 4.69) is 17.6 Å². The van der Waals surface area contributed by atoms with E-state index in [0.717, 1.165) is 35.4 Å². The Morgan fingerprint density at radius 1 is 1.27 bits per heavy atom. The minimum atomic E-state index is -0.419. The molecule has 0 spiro atoms. The van der Waals surface area contributed by atoms with Gasteiger partial charge in [-0.3, -0.25) is 14.9 Å². The largest absolute Gasteiger partial charge is 0.353 e. The first-order valence-corrected chi connectivity index (χ1v) is 9.47. The fourth-order valence-electron chi connectivity index (χ4n) is 3.49. The van der Waals surface area contributed by atoms with Crippen molar-refractivity contribution in [3.63, 3.8) is 0 Å². The molecular weight excluding hydrogens is 350 g/mol. The maximum atomic E-state index is 12.6. The molecule has 1 aliphatic heterocycles. The number of amides is 1. The van der Waals surface area contributed by atoms with Crippen LogP contribution in [0, 0.1) is 16.0 Å². The van der Waals surface area contributed by atoms with Crippen molar-refractivity contribution >= 4 is 34.0 Å². The molecule has 0 saturated carbocycles. The number of carbonyl (C=O) groups excluding carboxylic acids is 1. The summed E-state index contributed by atoms with van der Waals surface area (Å²) in [6.45, 7) is 2.25. The highest BCUT2D eigenvalue weighted by atomic mass is 32.1. The second-order valence-corrected chi connectivity index (χ2v) is 7.96. The molecule has 2 heterocycles. The van der Waals surface area contributed by atoms with Crippen molar-refractivity contribution in [2.45, 2.75) is 32.4 Å². The molecule has 1 amide bonds. The number of hydrogen-bond donors (Lipinski definition) is 2. The van der Waals surface area contributed by atoms with Crippen molar-refractivity contribution in [2.24, 2.45) is 5.92 Å². The first kappa shape index (κ1) is 16.8. The van der Waals surface area contributed by atoms with Gasteiger partial charge >= 0.3 is 0 Å². The third-order valence-electron chi connectivity index (χ3n) is 4.90. The summed E-state index contributed by atoms with van der Waals surface area (Å²) in [5.74, 6) is 0.646. The molecule has 1 aliphatic carbocycles. The SMILES string of the molecule is C[C@H]1CCc2c(sc3c2C(=O)N[C@@H](/C=C/c2ccc([N+](=O)[O-])cc2)N3)C1. The minimum Gasteiger partial charge on any atom is -0.353 e. The van der Waals surface area contributed by atoms with E-state index in [9.17, 15) is 14.9 Å². The van der Waals surface area contributed by atoms with Crippen molar-refractivity contribution < 1.29 is 9.72 Å². The summed E-state index contributed by atoms with van der Waals surface area (Å²) in [6, 6.07) is 6.32. The number of hydrogen-bond acceptors (Lipinski definition) is 5. The van der Waals surface area contributed by atoms with Gasteiger partial charge in [0.2, 0.25) is 0 Å². The molecule has 0 unspecified atom stereocenters. The molecule has 1 aromatic carbocycles. The lowest BCUT2D eigenvalue weighted by Gasteiger charge is -2.24. The number of fused-ring (bicyclic) bond motifs is 3. The van der Waals surface area contributed by atoms with Crippen LogP contribution in [0.1, 0.15) is 39.7 Å². The van der Waals surface area contributed by atoms with Crippen LogP contribution in [0.3, 0.4) is 0 Å². The van der Waals surface area contributed by atoms with Gasteiger partial charge in [0.05, 0.1) is 10.5 Å². The van der Waals surface area contributed by atoms with Crippen molar-refractivity contribution in [3.8, 4) is 0 Å². The number of anilines is 1. The summed E-state index contributed by atoms with van der Waals surface area (Å²) in [5.41, 5.74) is 2.94. The lowest BCUT2D eigenvalue weighted by Crippen LogP contribution is -2.43. The molecule has 2 aromatic rings. The molecule has 4 rings (SSSR count). The fourth-order valence-corrected chi connectivity index (χ4v) is 4.94. The van der Waals surface area contributed by atoms with Crippen LogP contribution < -0.4 is 10.6 Å². The molecule has 26 heavy (non-hydrogen) atoms. The lowest BCUT2D eigenvalue weighted by molar-refractivity contribution is -0.384. The monoisotopic (exact) mass is 369 g/mol. The van der Waals surface area contributed by atoms with Gasteiger partial charge in [0.25, 0.3) is 11.6 Å². The summed E-state index contributed by atoms with van der Waals surface area (Å²) in [7, 11) is 0. The van der Waals surface area contributed by atoms with E-state index in [1.54, 1.807) is 23.5 Å². The van der Waals surface area contributed by atoms with Crippen LogP contribution in [0.25, 0.3) is 6.08 Å². The second-order valence-electron chi connectivity index (χ2n) is 6.86. The number of carbonyl (C=O) groups is 1. The van der Waals surface area contributed by atoms with Gasteiger partial charge in [0, 0.05) is 17.0 Å². The number of nitro groups is 1. The van der Waals surface area contributed by atoms with Gasteiger partial charge in [-0.15, -0.1) is 11.3 Å². The quantitative estimate of drug-likeness (QED) is 0.633. The second kappa shape index (κ2) is 6.57. The zero-order chi connectivity index (χ0) is 18.3. The summed E-state index contributed by atoms with van der Waals surface area (Å²) < 4.78 is 0. The van der Waals surface area contributed by atoms with Gasteiger partial charge in [0.15, 0.2) is 0 Å². The Balaban J connectivity index is 1.52. The van der Waals surface area contributed by atoms with E-state index in [1.807, 2.05) is 12.2 Å². The average molecular weight is 369 g/mol. The summed E-state index contributed by atoms with van der Waals surface area (Å²) in [5, 5.41) is 18.0. The van der Waals surface area contributed by atoms with E-state index in [1.165, 1.54) is 22.6 Å². The topological polar surface area (TPSA) is 84.3 Å². The number of nitrogens with zero attached hydrogens (tertiary/aromatic N) is 1. The van der Waals surface area contributed by atoms with E-state index in [-0.39, 0.29) is 17.8 Å². The molecule has 2 atom stereocenters. The van der Waals surface area contributed by atoms with Crippen LogP contribution in [0.2, 0.25) is 0 Å². The smallest absolute Gasteiger partial charge is 0.269 e. The maximum Gasteiger partial charge on any atom is 0.269 e. The predicted molar refractivity (Wildman–Crippen MR) is 103 cm³/mol. The molecule has 0 radical (unpaired) electrons. The Kier molecular flexibility index (Phi) is 4.24. The van der Waals surface area contributed by atoms with Crippen molar-refractivity contribution in [2.75, 3.05) is 5.32 Å². The Bertz CT molecular complexity index is 901. The van der Waals surface area contributed by atoms with Gasteiger partial charge in [-0.1, -0.05) is 13.0 Å². The van der Waals surface area contributed by atoms with Crippen molar-refractivity contribution in [1.29, 1.82) is 0 Å². The number of rotatable bonds is 3. The van der Waals surface area contributed by atoms with Gasteiger partial charge in [-0.2, -0.15) is 0 Å². The summed E-state index contributed by atoms with van der Waals surface area (Å²) in [6.07, 6.45) is 6.58. The van der Waals surface area contributed by atoms with Crippen LogP contribution in [-0.4, -0.2) is 17.0 Å². The van der Waals surface area contributed by atoms with Crippen molar-refractivity contribution in [1.82, 2.24) is 5.32 Å². The Hall–Kier alpha value is -2.67. The van der Waals surface area contributed by atoms with Crippen LogP contribution >= 0.6 is 11.3 Å². The van der Waals surface area contributed by atoms with Crippen LogP contribution in [0.5, 0.6) is 0 Å². The van der Waals surface area contributed by atoms with Gasteiger partial charge in [-0.25, -0.2) is 0 Å². The molecule has 2 aliphatic rings. The maximum absolute atomic E-state index is 12.6. The highest BCUT2D eigenvalue weighted by Gasteiger charge is 2.31. The molecule has 134 valence electrons. The van der Waals surface area contributed by atoms with Gasteiger partial charge < -0.3 is 10.6 Å². The third kappa shape index (κ3) is 3.10. The molecule has 7 heteroatoms. The molecule has 0 fully saturated rings. The number of nitro benzene ring substituents is 1. The van der Waals surface area contributed by atoms with E-state index in [0.29, 0.717) is 5.92 Å². The average Bonchev–Trinajstić information content (AvgIpc) is 2.98. The summed E-state index contributed by atoms with van der Waals surface area (Å²) >= 11 is 1.70. The van der Waals surface area contributed by atoms with Gasteiger partial charge in [-0.05, 0) is 54.5 Å². The van der Waals surface area contributed by atoms with E-state index in [4.69, 9.17) is 0 Å². The van der Waals surface area contributed by atoms with Crippen molar-refractivity contribution in [3.05, 3.63) is 62.0 Å². The van der Waals surface area contributed by atoms with E-state index < -0.39 is 4.92 Å². The van der Waals surface area contributed by atoms with Crippen LogP contribution in [0.4, 0.5) is 10.7 Å². The first-order valence-electron chi connectivity index (χ1n) is 8.66. The highest BCUT2D eigenvalue weighted by Crippen LogP contribution is 2.41.